The third-order valence-corrected chi connectivity index (χ3v) is 2.81. The summed E-state index contributed by atoms with van der Waals surface area (Å²) < 4.78 is 7.47. The molecule has 1 unspecified atom stereocenters. The van der Waals surface area contributed by atoms with Gasteiger partial charge in [0.1, 0.15) is 0 Å². The Kier molecular flexibility index (Phi) is 3.22. The first-order valence-electron chi connectivity index (χ1n) is 5.25. The molecule has 0 bridgehead atoms. The minimum Gasteiger partial charge on any atom is -0.381 e. The SMILES string of the molecule is Cn1cccc1CNCC1CCOC1. The molecule has 0 spiro atoms. The van der Waals surface area contributed by atoms with Gasteiger partial charge < -0.3 is 14.6 Å². The molecule has 2 heterocycles. The number of hydrogen-bond acceptors (Lipinski definition) is 2. The van der Waals surface area contributed by atoms with Crippen molar-refractivity contribution in [2.24, 2.45) is 13.0 Å². The largest absolute Gasteiger partial charge is 0.381 e. The molecular weight excluding hydrogens is 176 g/mol. The van der Waals surface area contributed by atoms with Crippen LogP contribution >= 0.6 is 0 Å². The first-order valence-corrected chi connectivity index (χ1v) is 5.25. The summed E-state index contributed by atoms with van der Waals surface area (Å²) in [5.74, 6) is 0.718. The summed E-state index contributed by atoms with van der Waals surface area (Å²) in [7, 11) is 2.08. The molecule has 14 heavy (non-hydrogen) atoms. The third kappa shape index (κ3) is 2.36. The second-order valence-corrected chi connectivity index (χ2v) is 3.97. The molecule has 3 nitrogen and oxygen atoms in total. The van der Waals surface area contributed by atoms with E-state index in [-0.39, 0.29) is 0 Å². The lowest BCUT2D eigenvalue weighted by atomic mass is 10.1. The van der Waals surface area contributed by atoms with Gasteiger partial charge in [0.2, 0.25) is 0 Å². The first kappa shape index (κ1) is 9.74. The molecular formula is C11H18N2O. The normalized spacial score (nSPS) is 21.6. The minimum absolute atomic E-state index is 0.718. The molecule has 0 radical (unpaired) electrons. The quantitative estimate of drug-likeness (QED) is 0.778. The van der Waals surface area contributed by atoms with Crippen LogP contribution in [-0.4, -0.2) is 24.3 Å². The predicted octanol–water partition coefficient (Wildman–Crippen LogP) is 1.15. The fraction of sp³-hybridized carbons (Fsp3) is 0.636. The molecule has 1 aromatic heterocycles. The molecule has 1 N–H and O–H groups in total. The summed E-state index contributed by atoms with van der Waals surface area (Å²) in [5, 5.41) is 3.47. The lowest BCUT2D eigenvalue weighted by molar-refractivity contribution is 0.185. The Hall–Kier alpha value is -0.800. The zero-order valence-electron chi connectivity index (χ0n) is 8.70. The maximum atomic E-state index is 5.32. The van der Waals surface area contributed by atoms with E-state index < -0.39 is 0 Å². The lowest BCUT2D eigenvalue weighted by Crippen LogP contribution is -2.23. The Bertz CT molecular complexity index is 277. The highest BCUT2D eigenvalue weighted by Crippen LogP contribution is 2.10. The van der Waals surface area contributed by atoms with E-state index >= 15 is 0 Å². The smallest absolute Gasteiger partial charge is 0.0507 e. The van der Waals surface area contributed by atoms with E-state index in [0.29, 0.717) is 0 Å². The van der Waals surface area contributed by atoms with Gasteiger partial charge in [-0.1, -0.05) is 0 Å². The summed E-state index contributed by atoms with van der Waals surface area (Å²) in [6.45, 7) is 3.90. The molecule has 3 heteroatoms. The standard InChI is InChI=1S/C11H18N2O/c1-13-5-2-3-11(13)8-12-7-10-4-6-14-9-10/h2-3,5,10,12H,4,6-9H2,1H3. The predicted molar refractivity (Wildman–Crippen MR) is 56.0 cm³/mol. The van der Waals surface area contributed by atoms with Gasteiger partial charge in [-0.25, -0.2) is 0 Å². The van der Waals surface area contributed by atoms with Crippen molar-refractivity contribution in [2.75, 3.05) is 19.8 Å². The Labute approximate surface area is 85.1 Å². The van der Waals surface area contributed by atoms with Gasteiger partial charge >= 0.3 is 0 Å². The zero-order valence-corrected chi connectivity index (χ0v) is 8.70. The van der Waals surface area contributed by atoms with Crippen LogP contribution in [-0.2, 0) is 18.3 Å². The number of aryl methyl sites for hydroxylation is 1. The first-order chi connectivity index (χ1) is 6.86. The van der Waals surface area contributed by atoms with Gasteiger partial charge in [0, 0.05) is 38.6 Å². The zero-order chi connectivity index (χ0) is 9.80. The second-order valence-electron chi connectivity index (χ2n) is 3.97. The number of nitrogens with one attached hydrogen (secondary N) is 1. The summed E-state index contributed by atoms with van der Waals surface area (Å²) in [6.07, 6.45) is 3.29. The fourth-order valence-corrected chi connectivity index (χ4v) is 1.83. The van der Waals surface area contributed by atoms with Crippen LogP contribution in [0.25, 0.3) is 0 Å². The van der Waals surface area contributed by atoms with E-state index in [4.69, 9.17) is 4.74 Å². The monoisotopic (exact) mass is 194 g/mol. The van der Waals surface area contributed by atoms with Crippen LogP contribution in [0.2, 0.25) is 0 Å². The minimum atomic E-state index is 0.718. The van der Waals surface area contributed by atoms with Crippen LogP contribution in [0, 0.1) is 5.92 Å². The average molecular weight is 194 g/mol. The highest BCUT2D eigenvalue weighted by atomic mass is 16.5. The van der Waals surface area contributed by atoms with E-state index in [9.17, 15) is 0 Å². The van der Waals surface area contributed by atoms with Crippen molar-refractivity contribution in [3.63, 3.8) is 0 Å². The Morgan fingerprint density at radius 2 is 2.57 bits per heavy atom. The van der Waals surface area contributed by atoms with Crippen molar-refractivity contribution in [1.29, 1.82) is 0 Å². The average Bonchev–Trinajstić information content (AvgIpc) is 2.78. The second kappa shape index (κ2) is 4.62. The van der Waals surface area contributed by atoms with Gasteiger partial charge in [0.25, 0.3) is 0 Å². The molecule has 1 fully saturated rings. The summed E-state index contributed by atoms with van der Waals surface area (Å²) in [5.41, 5.74) is 1.34. The maximum Gasteiger partial charge on any atom is 0.0507 e. The molecule has 0 amide bonds. The number of ether oxygens (including phenoxy) is 1. The molecule has 1 aromatic rings. The maximum absolute atomic E-state index is 5.32. The number of nitrogens with zero attached hydrogens (tertiary/aromatic N) is 1. The molecule has 1 atom stereocenters. The molecule has 78 valence electrons. The summed E-state index contributed by atoms with van der Waals surface area (Å²) >= 11 is 0. The number of aromatic nitrogens is 1. The molecule has 1 aliphatic rings. The fourth-order valence-electron chi connectivity index (χ4n) is 1.83. The third-order valence-electron chi connectivity index (χ3n) is 2.81. The Morgan fingerprint density at radius 3 is 3.21 bits per heavy atom. The van der Waals surface area contributed by atoms with Crippen molar-refractivity contribution >= 4 is 0 Å². The van der Waals surface area contributed by atoms with Crippen molar-refractivity contribution in [3.8, 4) is 0 Å². The molecule has 0 saturated carbocycles. The van der Waals surface area contributed by atoms with Gasteiger partial charge in [-0.05, 0) is 24.5 Å². The van der Waals surface area contributed by atoms with E-state index in [1.165, 1.54) is 12.1 Å². The Morgan fingerprint density at radius 1 is 1.64 bits per heavy atom. The molecule has 0 aliphatic carbocycles. The van der Waals surface area contributed by atoms with Crippen molar-refractivity contribution in [2.45, 2.75) is 13.0 Å². The summed E-state index contributed by atoms with van der Waals surface area (Å²) in [4.78, 5) is 0. The van der Waals surface area contributed by atoms with Crippen LogP contribution in [0.1, 0.15) is 12.1 Å². The highest BCUT2D eigenvalue weighted by molar-refractivity contribution is 5.05. The Balaban J connectivity index is 1.70. The van der Waals surface area contributed by atoms with Crippen LogP contribution in [0.15, 0.2) is 18.3 Å². The van der Waals surface area contributed by atoms with E-state index in [0.717, 1.165) is 32.2 Å². The van der Waals surface area contributed by atoms with E-state index in [2.05, 4.69) is 35.3 Å². The molecule has 1 saturated heterocycles. The molecule has 2 rings (SSSR count). The topological polar surface area (TPSA) is 26.2 Å². The van der Waals surface area contributed by atoms with E-state index in [1.54, 1.807) is 0 Å². The van der Waals surface area contributed by atoms with E-state index in [1.807, 2.05) is 0 Å². The van der Waals surface area contributed by atoms with Gasteiger partial charge in [-0.2, -0.15) is 0 Å². The van der Waals surface area contributed by atoms with Gasteiger partial charge in [0.05, 0.1) is 6.61 Å². The number of rotatable bonds is 4. The number of hydrogen-bond donors (Lipinski definition) is 1. The molecule has 1 aliphatic heterocycles. The van der Waals surface area contributed by atoms with Crippen LogP contribution in [0.5, 0.6) is 0 Å². The van der Waals surface area contributed by atoms with Crippen molar-refractivity contribution in [1.82, 2.24) is 9.88 Å². The molecule has 0 aromatic carbocycles. The van der Waals surface area contributed by atoms with Gasteiger partial charge in [-0.3, -0.25) is 0 Å². The van der Waals surface area contributed by atoms with Crippen LogP contribution < -0.4 is 5.32 Å². The van der Waals surface area contributed by atoms with Gasteiger partial charge in [0.15, 0.2) is 0 Å². The highest BCUT2D eigenvalue weighted by Gasteiger charge is 2.14. The summed E-state index contributed by atoms with van der Waals surface area (Å²) in [6, 6.07) is 4.23. The van der Waals surface area contributed by atoms with Crippen molar-refractivity contribution < 1.29 is 4.74 Å². The lowest BCUT2D eigenvalue weighted by Gasteiger charge is -2.09. The van der Waals surface area contributed by atoms with Crippen LogP contribution in [0.3, 0.4) is 0 Å². The van der Waals surface area contributed by atoms with Crippen LogP contribution in [0.4, 0.5) is 0 Å². The van der Waals surface area contributed by atoms with Crippen molar-refractivity contribution in [3.05, 3.63) is 24.0 Å². The van der Waals surface area contributed by atoms with Gasteiger partial charge in [-0.15, -0.1) is 0 Å².